The molecule has 0 N–H and O–H groups in total. The highest BCUT2D eigenvalue weighted by Crippen LogP contribution is 2.26. The van der Waals surface area contributed by atoms with Gasteiger partial charge >= 0.3 is 0 Å². The summed E-state index contributed by atoms with van der Waals surface area (Å²) >= 11 is 0. The SMILES string of the molecule is COCCN(C)[C@H](C)c1cc2ccccc2o1. The van der Waals surface area contributed by atoms with E-state index < -0.39 is 0 Å². The molecule has 0 aliphatic carbocycles. The van der Waals surface area contributed by atoms with Crippen LogP contribution in [0.15, 0.2) is 34.7 Å². The monoisotopic (exact) mass is 233 g/mol. The van der Waals surface area contributed by atoms with Crippen LogP contribution in [0.4, 0.5) is 0 Å². The first kappa shape index (κ1) is 12.1. The van der Waals surface area contributed by atoms with Crippen molar-refractivity contribution in [1.29, 1.82) is 0 Å². The van der Waals surface area contributed by atoms with Crippen molar-refractivity contribution in [2.45, 2.75) is 13.0 Å². The lowest BCUT2D eigenvalue weighted by Crippen LogP contribution is -2.25. The Morgan fingerprint density at radius 2 is 2.12 bits per heavy atom. The molecule has 0 radical (unpaired) electrons. The molecule has 2 aromatic rings. The second kappa shape index (κ2) is 5.34. The van der Waals surface area contributed by atoms with E-state index in [0.29, 0.717) is 0 Å². The number of hydrogen-bond acceptors (Lipinski definition) is 3. The molecule has 0 fully saturated rings. The maximum Gasteiger partial charge on any atom is 0.134 e. The lowest BCUT2D eigenvalue weighted by atomic mass is 10.2. The van der Waals surface area contributed by atoms with Crippen molar-refractivity contribution in [3.05, 3.63) is 36.1 Å². The number of likely N-dealkylation sites (N-methyl/N-ethyl adjacent to an activating group) is 1. The molecule has 0 unspecified atom stereocenters. The summed E-state index contributed by atoms with van der Waals surface area (Å²) in [4.78, 5) is 2.22. The number of fused-ring (bicyclic) bond motifs is 1. The second-order valence-corrected chi connectivity index (χ2v) is 4.34. The largest absolute Gasteiger partial charge is 0.459 e. The summed E-state index contributed by atoms with van der Waals surface area (Å²) in [7, 11) is 3.80. The molecule has 0 aliphatic heterocycles. The van der Waals surface area contributed by atoms with E-state index in [0.717, 1.165) is 29.9 Å². The molecule has 1 heterocycles. The van der Waals surface area contributed by atoms with E-state index >= 15 is 0 Å². The van der Waals surface area contributed by atoms with E-state index in [1.54, 1.807) is 7.11 Å². The third-order valence-electron chi connectivity index (χ3n) is 3.17. The van der Waals surface area contributed by atoms with Crippen molar-refractivity contribution in [2.75, 3.05) is 27.3 Å². The van der Waals surface area contributed by atoms with Crippen LogP contribution in [0.2, 0.25) is 0 Å². The lowest BCUT2D eigenvalue weighted by molar-refractivity contribution is 0.137. The van der Waals surface area contributed by atoms with Crippen LogP contribution in [0.3, 0.4) is 0 Å². The predicted octanol–water partition coefficient (Wildman–Crippen LogP) is 3.07. The summed E-state index contributed by atoms with van der Waals surface area (Å²) in [6.07, 6.45) is 0. The highest BCUT2D eigenvalue weighted by atomic mass is 16.5. The van der Waals surface area contributed by atoms with Crippen molar-refractivity contribution >= 4 is 11.0 Å². The average molecular weight is 233 g/mol. The van der Waals surface area contributed by atoms with Crippen molar-refractivity contribution in [1.82, 2.24) is 4.90 Å². The zero-order valence-corrected chi connectivity index (χ0v) is 10.6. The molecule has 0 bridgehead atoms. The Bertz CT molecular complexity index is 445. The summed E-state index contributed by atoms with van der Waals surface area (Å²) in [6, 6.07) is 10.5. The van der Waals surface area contributed by atoms with Crippen LogP contribution in [0, 0.1) is 0 Å². The molecule has 0 saturated heterocycles. The fourth-order valence-electron chi connectivity index (χ4n) is 1.85. The van der Waals surface area contributed by atoms with Crippen molar-refractivity contribution < 1.29 is 9.15 Å². The molecular formula is C14H19NO2. The predicted molar refractivity (Wildman–Crippen MR) is 69.1 cm³/mol. The summed E-state index contributed by atoms with van der Waals surface area (Å²) in [5.41, 5.74) is 0.953. The lowest BCUT2D eigenvalue weighted by Gasteiger charge is -2.22. The van der Waals surface area contributed by atoms with Crippen molar-refractivity contribution in [2.24, 2.45) is 0 Å². The van der Waals surface area contributed by atoms with Crippen LogP contribution in [0.1, 0.15) is 18.7 Å². The third-order valence-corrected chi connectivity index (χ3v) is 3.17. The molecule has 3 nitrogen and oxygen atoms in total. The van der Waals surface area contributed by atoms with E-state index in [9.17, 15) is 0 Å². The van der Waals surface area contributed by atoms with Crippen LogP contribution in [0.25, 0.3) is 11.0 Å². The molecule has 1 aromatic heterocycles. The Morgan fingerprint density at radius 1 is 1.35 bits per heavy atom. The van der Waals surface area contributed by atoms with Crippen LogP contribution in [0.5, 0.6) is 0 Å². The van der Waals surface area contributed by atoms with Gasteiger partial charge in [0.25, 0.3) is 0 Å². The Kier molecular flexibility index (Phi) is 3.82. The molecule has 0 aliphatic rings. The van der Waals surface area contributed by atoms with Gasteiger partial charge in [-0.1, -0.05) is 18.2 Å². The van der Waals surface area contributed by atoms with Crippen LogP contribution < -0.4 is 0 Å². The molecule has 0 amide bonds. The molecule has 17 heavy (non-hydrogen) atoms. The van der Waals surface area contributed by atoms with Gasteiger partial charge in [0.2, 0.25) is 0 Å². The fourth-order valence-corrected chi connectivity index (χ4v) is 1.85. The van der Waals surface area contributed by atoms with Gasteiger partial charge in [0.15, 0.2) is 0 Å². The maximum absolute atomic E-state index is 5.85. The molecule has 1 atom stereocenters. The third kappa shape index (κ3) is 2.68. The van der Waals surface area contributed by atoms with Crippen molar-refractivity contribution in [3.63, 3.8) is 0 Å². The van der Waals surface area contributed by atoms with Gasteiger partial charge in [0.1, 0.15) is 11.3 Å². The molecule has 1 aromatic carbocycles. The Balaban J connectivity index is 2.15. The number of methoxy groups -OCH3 is 1. The van der Waals surface area contributed by atoms with Gasteiger partial charge in [0.05, 0.1) is 12.6 Å². The van der Waals surface area contributed by atoms with Crippen molar-refractivity contribution in [3.8, 4) is 0 Å². The number of rotatable bonds is 5. The Morgan fingerprint density at radius 3 is 2.82 bits per heavy atom. The molecule has 92 valence electrons. The Labute approximate surface area is 102 Å². The first-order valence-corrected chi connectivity index (χ1v) is 5.90. The standard InChI is InChI=1S/C14H19NO2/c1-11(15(2)8-9-16-3)14-10-12-6-4-5-7-13(12)17-14/h4-7,10-11H,8-9H2,1-3H3/t11-/m1/s1. The highest BCUT2D eigenvalue weighted by molar-refractivity contribution is 5.77. The van der Waals surface area contributed by atoms with Gasteiger partial charge in [-0.25, -0.2) is 0 Å². The zero-order chi connectivity index (χ0) is 12.3. The molecule has 3 heteroatoms. The Hall–Kier alpha value is -1.32. The van der Waals surface area contributed by atoms with E-state index in [-0.39, 0.29) is 6.04 Å². The van der Waals surface area contributed by atoms with Gasteiger partial charge in [-0.2, -0.15) is 0 Å². The quantitative estimate of drug-likeness (QED) is 0.793. The summed E-state index contributed by atoms with van der Waals surface area (Å²) in [5.74, 6) is 1.00. The number of furan rings is 1. The normalized spacial score (nSPS) is 13.4. The zero-order valence-electron chi connectivity index (χ0n) is 10.6. The number of hydrogen-bond donors (Lipinski definition) is 0. The van der Waals surface area contributed by atoms with E-state index in [1.165, 1.54) is 0 Å². The topological polar surface area (TPSA) is 25.6 Å². The first-order valence-electron chi connectivity index (χ1n) is 5.90. The molecule has 0 spiro atoms. The van der Waals surface area contributed by atoms with Gasteiger partial charge in [0, 0.05) is 19.0 Å². The maximum atomic E-state index is 5.85. The number of benzene rings is 1. The highest BCUT2D eigenvalue weighted by Gasteiger charge is 2.15. The van der Waals surface area contributed by atoms with Gasteiger partial charge in [-0.05, 0) is 26.1 Å². The summed E-state index contributed by atoms with van der Waals surface area (Å²) in [6.45, 7) is 3.78. The van der Waals surface area contributed by atoms with Crippen LogP contribution in [-0.2, 0) is 4.74 Å². The fraction of sp³-hybridized carbons (Fsp3) is 0.429. The first-order chi connectivity index (χ1) is 8.22. The molecule has 0 saturated carbocycles. The number of para-hydroxylation sites is 1. The number of ether oxygens (including phenoxy) is 1. The van der Waals surface area contributed by atoms with E-state index in [4.69, 9.17) is 9.15 Å². The average Bonchev–Trinajstić information content (AvgIpc) is 2.78. The van der Waals surface area contributed by atoms with E-state index in [1.807, 2.05) is 18.2 Å². The summed E-state index contributed by atoms with van der Waals surface area (Å²) < 4.78 is 10.9. The molecular weight excluding hydrogens is 214 g/mol. The number of nitrogens with zero attached hydrogens (tertiary/aromatic N) is 1. The minimum atomic E-state index is 0.262. The van der Waals surface area contributed by atoms with Gasteiger partial charge in [-0.3, -0.25) is 4.90 Å². The minimum absolute atomic E-state index is 0.262. The van der Waals surface area contributed by atoms with Crippen LogP contribution in [-0.4, -0.2) is 32.2 Å². The smallest absolute Gasteiger partial charge is 0.134 e. The van der Waals surface area contributed by atoms with Gasteiger partial charge in [-0.15, -0.1) is 0 Å². The second-order valence-electron chi connectivity index (χ2n) is 4.34. The minimum Gasteiger partial charge on any atom is -0.459 e. The summed E-state index contributed by atoms with van der Waals surface area (Å²) in [5, 5.41) is 1.16. The van der Waals surface area contributed by atoms with Gasteiger partial charge < -0.3 is 9.15 Å². The molecule has 2 rings (SSSR count). The van der Waals surface area contributed by atoms with E-state index in [2.05, 4.69) is 31.0 Å². The van der Waals surface area contributed by atoms with Crippen LogP contribution >= 0.6 is 0 Å².